The van der Waals surface area contributed by atoms with Crippen molar-refractivity contribution in [2.75, 3.05) is 5.32 Å². The lowest BCUT2D eigenvalue weighted by Crippen LogP contribution is -2.04. The predicted octanol–water partition coefficient (Wildman–Crippen LogP) is 3.71. The maximum atomic E-state index is 13.6. The van der Waals surface area contributed by atoms with E-state index in [9.17, 15) is 19.6 Å². The van der Waals surface area contributed by atoms with Crippen molar-refractivity contribution < 1.29 is 14.4 Å². The van der Waals surface area contributed by atoms with Gasteiger partial charge in [0.25, 0.3) is 5.69 Å². The smallest absolute Gasteiger partial charge is 0.296 e. The summed E-state index contributed by atoms with van der Waals surface area (Å²) in [6.07, 6.45) is 0. The van der Waals surface area contributed by atoms with Gasteiger partial charge < -0.3 is 10.4 Å². The molecule has 0 spiro atoms. The van der Waals surface area contributed by atoms with Crippen molar-refractivity contribution in [2.45, 2.75) is 6.54 Å². The highest BCUT2D eigenvalue weighted by atomic mass is 35.5. The average molecular weight is 297 g/mol. The molecule has 0 unspecified atom stereocenters. The fourth-order valence-corrected chi connectivity index (χ4v) is 1.83. The van der Waals surface area contributed by atoms with Crippen LogP contribution in [-0.2, 0) is 6.54 Å². The lowest BCUT2D eigenvalue weighted by molar-refractivity contribution is -0.384. The fraction of sp³-hybridized carbons (Fsp3) is 0.0769. The van der Waals surface area contributed by atoms with Gasteiger partial charge in [-0.1, -0.05) is 17.7 Å². The Bertz CT molecular complexity index is 664. The summed E-state index contributed by atoms with van der Waals surface area (Å²) >= 11 is 5.64. The zero-order valence-corrected chi connectivity index (χ0v) is 10.9. The maximum absolute atomic E-state index is 13.6. The van der Waals surface area contributed by atoms with Gasteiger partial charge in [-0.3, -0.25) is 10.1 Å². The number of nitrogens with zero attached hydrogens (tertiary/aromatic N) is 1. The van der Waals surface area contributed by atoms with Gasteiger partial charge >= 0.3 is 0 Å². The van der Waals surface area contributed by atoms with E-state index in [1.807, 2.05) is 0 Å². The van der Waals surface area contributed by atoms with Crippen LogP contribution in [-0.4, -0.2) is 10.0 Å². The van der Waals surface area contributed by atoms with Gasteiger partial charge in [0.1, 0.15) is 17.3 Å². The second kappa shape index (κ2) is 5.75. The van der Waals surface area contributed by atoms with E-state index >= 15 is 0 Å². The number of benzene rings is 2. The summed E-state index contributed by atoms with van der Waals surface area (Å²) < 4.78 is 13.6. The molecule has 0 saturated carbocycles. The molecule has 0 fully saturated rings. The van der Waals surface area contributed by atoms with Gasteiger partial charge in [0.2, 0.25) is 0 Å². The van der Waals surface area contributed by atoms with Crippen molar-refractivity contribution in [1.29, 1.82) is 0 Å². The molecule has 0 aliphatic carbocycles. The summed E-state index contributed by atoms with van der Waals surface area (Å²) in [5.74, 6) is -0.702. The number of nitro groups is 1. The van der Waals surface area contributed by atoms with E-state index in [1.165, 1.54) is 30.3 Å². The number of aromatic hydroxyl groups is 1. The Morgan fingerprint density at radius 1 is 1.30 bits per heavy atom. The van der Waals surface area contributed by atoms with Crippen LogP contribution < -0.4 is 5.32 Å². The molecule has 2 rings (SSSR count). The number of phenols is 1. The Balaban J connectivity index is 2.20. The topological polar surface area (TPSA) is 75.4 Å². The van der Waals surface area contributed by atoms with Crippen LogP contribution in [0.25, 0.3) is 0 Å². The van der Waals surface area contributed by atoms with Crippen molar-refractivity contribution in [3.63, 3.8) is 0 Å². The van der Waals surface area contributed by atoms with Gasteiger partial charge in [-0.25, -0.2) is 4.39 Å². The molecule has 7 heteroatoms. The summed E-state index contributed by atoms with van der Waals surface area (Å²) in [6, 6.07) is 7.91. The first-order valence-electron chi connectivity index (χ1n) is 5.62. The Labute approximate surface area is 118 Å². The van der Waals surface area contributed by atoms with Gasteiger partial charge in [-0.2, -0.15) is 0 Å². The van der Waals surface area contributed by atoms with E-state index in [-0.39, 0.29) is 28.7 Å². The molecule has 2 aromatic rings. The SMILES string of the molecule is O=[N+]([O-])c1cc(O)ccc1NCc1ccc(Cl)cc1F. The van der Waals surface area contributed by atoms with E-state index in [1.54, 1.807) is 0 Å². The molecule has 0 aliphatic heterocycles. The highest BCUT2D eigenvalue weighted by Gasteiger charge is 2.14. The quantitative estimate of drug-likeness (QED) is 0.512. The molecule has 0 heterocycles. The van der Waals surface area contributed by atoms with Gasteiger partial charge in [0, 0.05) is 17.1 Å². The molecule has 0 saturated heterocycles. The third-order valence-corrected chi connectivity index (χ3v) is 2.90. The largest absolute Gasteiger partial charge is 0.508 e. The number of nitrogens with one attached hydrogen (secondary N) is 1. The minimum atomic E-state index is -0.625. The van der Waals surface area contributed by atoms with Crippen molar-refractivity contribution in [3.05, 3.63) is 62.9 Å². The Morgan fingerprint density at radius 3 is 2.70 bits per heavy atom. The van der Waals surface area contributed by atoms with Crippen LogP contribution in [0, 0.1) is 15.9 Å². The van der Waals surface area contributed by atoms with E-state index in [4.69, 9.17) is 11.6 Å². The highest BCUT2D eigenvalue weighted by Crippen LogP contribution is 2.29. The van der Waals surface area contributed by atoms with Crippen molar-refractivity contribution >= 4 is 23.0 Å². The van der Waals surface area contributed by atoms with Crippen LogP contribution in [0.15, 0.2) is 36.4 Å². The molecule has 104 valence electrons. The third-order valence-electron chi connectivity index (χ3n) is 2.66. The van der Waals surface area contributed by atoms with Crippen molar-refractivity contribution in [2.24, 2.45) is 0 Å². The Kier molecular flexibility index (Phi) is 4.05. The maximum Gasteiger partial charge on any atom is 0.296 e. The molecular weight excluding hydrogens is 287 g/mol. The van der Waals surface area contributed by atoms with Crippen LogP contribution in [0.1, 0.15) is 5.56 Å². The molecule has 5 nitrogen and oxygen atoms in total. The second-order valence-electron chi connectivity index (χ2n) is 4.05. The third kappa shape index (κ3) is 3.16. The Hall–Kier alpha value is -2.34. The van der Waals surface area contributed by atoms with E-state index in [0.29, 0.717) is 5.56 Å². The first-order chi connectivity index (χ1) is 9.47. The van der Waals surface area contributed by atoms with Crippen LogP contribution in [0.3, 0.4) is 0 Å². The molecule has 0 amide bonds. The zero-order chi connectivity index (χ0) is 14.7. The molecule has 2 aromatic carbocycles. The zero-order valence-electron chi connectivity index (χ0n) is 10.1. The predicted molar refractivity (Wildman–Crippen MR) is 73.5 cm³/mol. The molecule has 0 aliphatic rings. The van der Waals surface area contributed by atoms with E-state index < -0.39 is 10.7 Å². The van der Waals surface area contributed by atoms with Gasteiger partial charge in [-0.15, -0.1) is 0 Å². The average Bonchev–Trinajstić information content (AvgIpc) is 2.38. The summed E-state index contributed by atoms with van der Waals surface area (Å²) in [4.78, 5) is 10.2. The molecule has 0 aromatic heterocycles. The van der Waals surface area contributed by atoms with Crippen LogP contribution in [0.4, 0.5) is 15.8 Å². The minimum absolute atomic E-state index is 0.0641. The van der Waals surface area contributed by atoms with E-state index in [2.05, 4.69) is 5.32 Å². The lowest BCUT2D eigenvalue weighted by atomic mass is 10.2. The van der Waals surface area contributed by atoms with Gasteiger partial charge in [0.15, 0.2) is 0 Å². The monoisotopic (exact) mass is 296 g/mol. The summed E-state index contributed by atoms with van der Waals surface area (Å²) in [5.41, 5.74) is 0.248. The number of halogens is 2. The molecular formula is C13H10ClFN2O3. The highest BCUT2D eigenvalue weighted by molar-refractivity contribution is 6.30. The Morgan fingerprint density at radius 2 is 2.05 bits per heavy atom. The summed E-state index contributed by atoms with van der Waals surface area (Å²) in [7, 11) is 0. The van der Waals surface area contributed by atoms with Gasteiger partial charge in [-0.05, 0) is 24.3 Å². The number of anilines is 1. The fourth-order valence-electron chi connectivity index (χ4n) is 1.68. The first kappa shape index (κ1) is 14.1. The minimum Gasteiger partial charge on any atom is -0.508 e. The molecule has 20 heavy (non-hydrogen) atoms. The standard InChI is InChI=1S/C13H10ClFN2O3/c14-9-2-1-8(11(15)5-9)7-16-12-4-3-10(18)6-13(12)17(19)20/h1-6,16,18H,7H2. The molecule has 2 N–H and O–H groups in total. The van der Waals surface area contributed by atoms with Crippen LogP contribution in [0.5, 0.6) is 5.75 Å². The number of rotatable bonds is 4. The molecule has 0 radical (unpaired) electrons. The number of nitro benzene ring substituents is 1. The summed E-state index contributed by atoms with van der Waals surface area (Å²) in [5, 5.41) is 23.1. The number of hydrogen-bond acceptors (Lipinski definition) is 4. The summed E-state index contributed by atoms with van der Waals surface area (Å²) in [6.45, 7) is 0.0641. The van der Waals surface area contributed by atoms with Crippen molar-refractivity contribution in [3.8, 4) is 5.75 Å². The normalized spacial score (nSPS) is 10.3. The number of phenolic OH excluding ortho intramolecular Hbond substituents is 1. The number of hydrogen-bond donors (Lipinski definition) is 2. The lowest BCUT2D eigenvalue weighted by Gasteiger charge is -2.08. The van der Waals surface area contributed by atoms with Crippen molar-refractivity contribution in [1.82, 2.24) is 0 Å². The molecule has 0 bridgehead atoms. The van der Waals surface area contributed by atoms with Gasteiger partial charge in [0.05, 0.1) is 11.0 Å². The van der Waals surface area contributed by atoms with E-state index in [0.717, 1.165) is 6.07 Å². The van der Waals surface area contributed by atoms with Crippen LogP contribution in [0.2, 0.25) is 5.02 Å². The first-order valence-corrected chi connectivity index (χ1v) is 6.00. The molecule has 0 atom stereocenters. The second-order valence-corrected chi connectivity index (χ2v) is 4.48. The van der Waals surface area contributed by atoms with Crippen LogP contribution >= 0.6 is 11.6 Å².